The Balaban J connectivity index is 1.60. The van der Waals surface area contributed by atoms with Crippen molar-refractivity contribution in [3.05, 3.63) is 84.2 Å². The standard InChI is InChI=1S/C35H45N5O6/c1-24-21-40(25(2)23-41)34(43)30-20-29(37-33(42)27-15-17-36-18-16-27)13-14-31(30)46-26(3)10-8-9-19-45-32(24)22-39(4)35(44)38-28-11-6-5-7-12-28/h5-7,11-18,20,24-26,32,41H,8-10,19,21-23H2,1-4H3,(H,37,42)(H,38,44)/t24-,25+,26-,32-/m1/s1. The molecule has 0 radical (unpaired) electrons. The van der Waals surface area contributed by atoms with Crippen LogP contribution in [0.1, 0.15) is 60.7 Å². The van der Waals surface area contributed by atoms with Crippen LogP contribution >= 0.6 is 0 Å². The fourth-order valence-electron chi connectivity index (χ4n) is 5.26. The number of para-hydroxylation sites is 1. The lowest BCUT2D eigenvalue weighted by molar-refractivity contribution is -0.0115. The van der Waals surface area contributed by atoms with Crippen molar-refractivity contribution < 1.29 is 29.0 Å². The number of rotatable bonds is 7. The van der Waals surface area contributed by atoms with Gasteiger partial charge in [-0.1, -0.05) is 25.1 Å². The van der Waals surface area contributed by atoms with Crippen molar-refractivity contribution >= 4 is 29.2 Å². The zero-order chi connectivity index (χ0) is 33.1. The van der Waals surface area contributed by atoms with Gasteiger partial charge in [0.1, 0.15) is 5.75 Å². The molecule has 0 fully saturated rings. The van der Waals surface area contributed by atoms with Gasteiger partial charge in [-0.15, -0.1) is 0 Å². The topological polar surface area (TPSA) is 133 Å². The van der Waals surface area contributed by atoms with E-state index in [-0.39, 0.29) is 54.7 Å². The minimum Gasteiger partial charge on any atom is -0.490 e. The molecule has 11 nitrogen and oxygen atoms in total. The number of nitrogens with zero attached hydrogens (tertiary/aromatic N) is 3. The molecule has 46 heavy (non-hydrogen) atoms. The fraction of sp³-hybridized carbons (Fsp3) is 0.429. The molecule has 2 aromatic carbocycles. The summed E-state index contributed by atoms with van der Waals surface area (Å²) in [5, 5.41) is 16.0. The normalized spacial score (nSPS) is 20.0. The maximum Gasteiger partial charge on any atom is 0.321 e. The number of amides is 4. The second-order valence-corrected chi connectivity index (χ2v) is 11.9. The number of benzene rings is 2. The molecule has 4 atom stereocenters. The van der Waals surface area contributed by atoms with Crippen molar-refractivity contribution in [2.75, 3.05) is 44.0 Å². The Hall–Kier alpha value is -4.48. The van der Waals surface area contributed by atoms with Gasteiger partial charge in [-0.25, -0.2) is 4.79 Å². The monoisotopic (exact) mass is 631 g/mol. The second-order valence-electron chi connectivity index (χ2n) is 11.9. The number of pyridine rings is 1. The number of nitrogens with one attached hydrogen (secondary N) is 2. The Labute approximate surface area is 270 Å². The number of ether oxygens (including phenoxy) is 2. The first-order valence-corrected chi connectivity index (χ1v) is 15.8. The number of aliphatic hydroxyl groups excluding tert-OH is 1. The average Bonchev–Trinajstić information content (AvgIpc) is 3.06. The zero-order valence-corrected chi connectivity index (χ0v) is 27.0. The third-order valence-corrected chi connectivity index (χ3v) is 8.08. The van der Waals surface area contributed by atoms with Gasteiger partial charge in [0.25, 0.3) is 11.8 Å². The molecule has 3 N–H and O–H groups in total. The van der Waals surface area contributed by atoms with E-state index in [0.29, 0.717) is 35.8 Å². The Morgan fingerprint density at radius 1 is 1.04 bits per heavy atom. The summed E-state index contributed by atoms with van der Waals surface area (Å²) in [6.45, 7) is 6.51. The first kappa shape index (κ1) is 34.4. The molecule has 0 saturated heterocycles. The average molecular weight is 632 g/mol. The number of hydrogen-bond acceptors (Lipinski definition) is 7. The number of hydrogen-bond donors (Lipinski definition) is 3. The van der Waals surface area contributed by atoms with E-state index < -0.39 is 6.04 Å². The molecule has 1 aliphatic rings. The van der Waals surface area contributed by atoms with E-state index in [2.05, 4.69) is 15.6 Å². The van der Waals surface area contributed by atoms with Crippen molar-refractivity contribution in [1.29, 1.82) is 0 Å². The first-order chi connectivity index (χ1) is 22.2. The SMILES string of the molecule is C[C@@H]1CCCCO[C@H](CN(C)C(=O)Nc2ccccc2)[C@H](C)CN([C@@H](C)CO)C(=O)c2cc(NC(=O)c3ccncc3)ccc2O1. The van der Waals surface area contributed by atoms with Crippen LogP contribution in [0.3, 0.4) is 0 Å². The Kier molecular flexibility index (Phi) is 12.5. The highest BCUT2D eigenvalue weighted by Gasteiger charge is 2.31. The van der Waals surface area contributed by atoms with E-state index in [4.69, 9.17) is 9.47 Å². The van der Waals surface area contributed by atoms with Gasteiger partial charge < -0.3 is 35.0 Å². The first-order valence-electron chi connectivity index (χ1n) is 15.8. The van der Waals surface area contributed by atoms with Crippen LogP contribution in [0.4, 0.5) is 16.2 Å². The second kappa shape index (κ2) is 16.7. The predicted octanol–water partition coefficient (Wildman–Crippen LogP) is 5.29. The molecule has 3 aromatic rings. The molecule has 0 aliphatic carbocycles. The number of aromatic nitrogens is 1. The van der Waals surface area contributed by atoms with E-state index in [9.17, 15) is 19.5 Å². The molecule has 0 unspecified atom stereocenters. The van der Waals surface area contributed by atoms with Gasteiger partial charge in [0.15, 0.2) is 0 Å². The Bertz CT molecular complexity index is 1440. The quantitative estimate of drug-likeness (QED) is 0.323. The van der Waals surface area contributed by atoms with Gasteiger partial charge >= 0.3 is 6.03 Å². The summed E-state index contributed by atoms with van der Waals surface area (Å²) in [5.74, 6) is -0.476. The highest BCUT2D eigenvalue weighted by molar-refractivity contribution is 6.05. The molecule has 4 amide bonds. The van der Waals surface area contributed by atoms with E-state index in [1.165, 1.54) is 12.4 Å². The maximum atomic E-state index is 14.3. The summed E-state index contributed by atoms with van der Waals surface area (Å²) in [4.78, 5) is 47.4. The van der Waals surface area contributed by atoms with Crippen molar-refractivity contribution in [1.82, 2.24) is 14.8 Å². The summed E-state index contributed by atoms with van der Waals surface area (Å²) < 4.78 is 12.6. The van der Waals surface area contributed by atoms with Crippen LogP contribution < -0.4 is 15.4 Å². The maximum absolute atomic E-state index is 14.3. The van der Waals surface area contributed by atoms with Gasteiger partial charge in [-0.3, -0.25) is 14.6 Å². The minimum absolute atomic E-state index is 0.182. The lowest BCUT2D eigenvalue weighted by Crippen LogP contribution is -2.48. The van der Waals surface area contributed by atoms with Crippen LogP contribution in [-0.2, 0) is 4.74 Å². The number of carbonyl (C=O) groups excluding carboxylic acids is 3. The molecule has 0 saturated carbocycles. The molecule has 0 bridgehead atoms. The van der Waals surface area contributed by atoms with E-state index in [0.717, 1.165) is 19.3 Å². The van der Waals surface area contributed by atoms with Crippen LogP contribution in [0.15, 0.2) is 73.1 Å². The zero-order valence-electron chi connectivity index (χ0n) is 27.0. The lowest BCUT2D eigenvalue weighted by atomic mass is 10.0. The van der Waals surface area contributed by atoms with Gasteiger partial charge in [0, 0.05) is 62.0 Å². The van der Waals surface area contributed by atoms with Crippen molar-refractivity contribution in [2.45, 2.75) is 58.3 Å². The number of carbonyl (C=O) groups is 3. The van der Waals surface area contributed by atoms with Crippen molar-refractivity contribution in [2.24, 2.45) is 5.92 Å². The summed E-state index contributed by atoms with van der Waals surface area (Å²) >= 11 is 0. The molecule has 0 spiro atoms. The highest BCUT2D eigenvalue weighted by atomic mass is 16.5. The van der Waals surface area contributed by atoms with Gasteiger partial charge in [-0.05, 0) is 75.6 Å². The van der Waals surface area contributed by atoms with Crippen LogP contribution in [0, 0.1) is 5.92 Å². The van der Waals surface area contributed by atoms with Gasteiger partial charge in [0.2, 0.25) is 0 Å². The molecular formula is C35H45N5O6. The fourth-order valence-corrected chi connectivity index (χ4v) is 5.26. The third-order valence-electron chi connectivity index (χ3n) is 8.08. The van der Waals surface area contributed by atoms with Crippen molar-refractivity contribution in [3.8, 4) is 5.75 Å². The summed E-state index contributed by atoms with van der Waals surface area (Å²) in [6.07, 6.45) is 4.91. The minimum atomic E-state index is -0.525. The number of aliphatic hydroxyl groups is 1. The van der Waals surface area contributed by atoms with Crippen LogP contribution in [0.5, 0.6) is 5.75 Å². The molecule has 1 aromatic heterocycles. The summed E-state index contributed by atoms with van der Waals surface area (Å²) in [6, 6.07) is 16.7. The van der Waals surface area contributed by atoms with Gasteiger partial charge in [-0.2, -0.15) is 0 Å². The van der Waals surface area contributed by atoms with E-state index in [1.54, 1.807) is 54.1 Å². The number of urea groups is 1. The smallest absolute Gasteiger partial charge is 0.321 e. The molecule has 4 rings (SSSR count). The number of likely N-dealkylation sites (N-methyl/N-ethyl adjacent to an activating group) is 1. The van der Waals surface area contributed by atoms with Crippen LogP contribution in [0.2, 0.25) is 0 Å². The largest absolute Gasteiger partial charge is 0.490 e. The molecule has 246 valence electrons. The summed E-state index contributed by atoms with van der Waals surface area (Å²) in [5.41, 5.74) is 1.84. The lowest BCUT2D eigenvalue weighted by Gasteiger charge is -2.35. The van der Waals surface area contributed by atoms with E-state index >= 15 is 0 Å². The van der Waals surface area contributed by atoms with Gasteiger partial charge in [0.05, 0.1) is 30.4 Å². The molecule has 11 heteroatoms. The number of anilines is 2. The summed E-state index contributed by atoms with van der Waals surface area (Å²) in [7, 11) is 1.72. The van der Waals surface area contributed by atoms with Crippen molar-refractivity contribution in [3.63, 3.8) is 0 Å². The van der Waals surface area contributed by atoms with Crippen LogP contribution in [-0.4, -0.2) is 89.3 Å². The molecule has 2 heterocycles. The van der Waals surface area contributed by atoms with E-state index in [1.807, 2.05) is 44.2 Å². The highest BCUT2D eigenvalue weighted by Crippen LogP contribution is 2.29. The Morgan fingerprint density at radius 3 is 2.50 bits per heavy atom. The Morgan fingerprint density at radius 2 is 1.78 bits per heavy atom. The predicted molar refractivity (Wildman–Crippen MR) is 177 cm³/mol. The molecular weight excluding hydrogens is 586 g/mol. The third kappa shape index (κ3) is 9.51. The number of fused-ring (bicyclic) bond motifs is 1. The van der Waals surface area contributed by atoms with Crippen LogP contribution in [0.25, 0.3) is 0 Å². The molecule has 1 aliphatic heterocycles.